The Morgan fingerprint density at radius 1 is 1.29 bits per heavy atom. The third-order valence-electron chi connectivity index (χ3n) is 3.73. The van der Waals surface area contributed by atoms with E-state index in [1.807, 2.05) is 6.92 Å². The summed E-state index contributed by atoms with van der Waals surface area (Å²) >= 11 is 5.90. The summed E-state index contributed by atoms with van der Waals surface area (Å²) in [4.78, 5) is 12.4. The van der Waals surface area contributed by atoms with Gasteiger partial charge in [-0.05, 0) is 55.8 Å². The highest BCUT2D eigenvalue weighted by molar-refractivity contribution is 7.92. The molecule has 0 aliphatic rings. The van der Waals surface area contributed by atoms with Gasteiger partial charge in [-0.3, -0.25) is 9.10 Å². The predicted molar refractivity (Wildman–Crippen MR) is 112 cm³/mol. The number of benzene rings is 2. The van der Waals surface area contributed by atoms with E-state index in [9.17, 15) is 13.2 Å². The minimum Gasteiger partial charge on any atom is -0.494 e. The SMILES string of the molecule is CCOc1ccc(N([C@H](C)C(=O)N/N=C\c2cccc(Cl)c2)S(C)(=O)=O)cc1. The second kappa shape index (κ2) is 9.57. The maximum Gasteiger partial charge on any atom is 0.263 e. The van der Waals surface area contributed by atoms with E-state index in [1.54, 1.807) is 48.5 Å². The van der Waals surface area contributed by atoms with Gasteiger partial charge < -0.3 is 4.74 Å². The fourth-order valence-electron chi connectivity index (χ4n) is 2.52. The molecule has 0 heterocycles. The average molecular weight is 424 g/mol. The molecule has 28 heavy (non-hydrogen) atoms. The van der Waals surface area contributed by atoms with Crippen molar-refractivity contribution in [3.05, 3.63) is 59.1 Å². The van der Waals surface area contributed by atoms with Gasteiger partial charge in [-0.15, -0.1) is 0 Å². The first kappa shape index (κ1) is 21.7. The molecule has 0 fully saturated rings. The number of amides is 1. The fraction of sp³-hybridized carbons (Fsp3) is 0.263. The summed E-state index contributed by atoms with van der Waals surface area (Å²) < 4.78 is 31.0. The van der Waals surface area contributed by atoms with Gasteiger partial charge in [-0.25, -0.2) is 13.8 Å². The smallest absolute Gasteiger partial charge is 0.263 e. The van der Waals surface area contributed by atoms with E-state index < -0.39 is 22.0 Å². The van der Waals surface area contributed by atoms with Crippen LogP contribution in [-0.2, 0) is 14.8 Å². The van der Waals surface area contributed by atoms with Crippen LogP contribution in [0, 0.1) is 0 Å². The number of rotatable bonds is 8. The van der Waals surface area contributed by atoms with Crippen LogP contribution in [0.15, 0.2) is 53.6 Å². The number of hydrogen-bond acceptors (Lipinski definition) is 5. The summed E-state index contributed by atoms with van der Waals surface area (Å²) in [6.45, 7) is 3.84. The number of anilines is 1. The largest absolute Gasteiger partial charge is 0.494 e. The number of carbonyl (C=O) groups excluding carboxylic acids is 1. The van der Waals surface area contributed by atoms with Crippen LogP contribution in [0.3, 0.4) is 0 Å². The Labute approximate surface area is 170 Å². The number of nitrogens with one attached hydrogen (secondary N) is 1. The molecule has 0 radical (unpaired) electrons. The Balaban J connectivity index is 2.15. The molecule has 150 valence electrons. The minimum absolute atomic E-state index is 0.354. The van der Waals surface area contributed by atoms with Crippen molar-refractivity contribution in [2.45, 2.75) is 19.9 Å². The lowest BCUT2D eigenvalue weighted by molar-refractivity contribution is -0.121. The van der Waals surface area contributed by atoms with Gasteiger partial charge in [0.15, 0.2) is 0 Å². The lowest BCUT2D eigenvalue weighted by Gasteiger charge is -2.27. The molecule has 0 aliphatic heterocycles. The number of hydrogen-bond donors (Lipinski definition) is 1. The predicted octanol–water partition coefficient (Wildman–Crippen LogP) is 3.04. The molecule has 9 heteroatoms. The highest BCUT2D eigenvalue weighted by Gasteiger charge is 2.29. The zero-order chi connectivity index (χ0) is 20.7. The lowest BCUT2D eigenvalue weighted by atomic mass is 10.2. The molecule has 0 aromatic heterocycles. The molecule has 7 nitrogen and oxygen atoms in total. The first-order chi connectivity index (χ1) is 13.2. The van der Waals surface area contributed by atoms with Crippen molar-refractivity contribution in [3.8, 4) is 5.75 Å². The van der Waals surface area contributed by atoms with Gasteiger partial charge >= 0.3 is 0 Å². The molecule has 0 saturated heterocycles. The first-order valence-corrected chi connectivity index (χ1v) is 10.8. The molecule has 2 aromatic carbocycles. The maximum atomic E-state index is 12.4. The van der Waals surface area contributed by atoms with Crippen molar-refractivity contribution in [2.24, 2.45) is 5.10 Å². The molecule has 0 saturated carbocycles. The molecule has 1 atom stereocenters. The molecular formula is C19H22ClN3O4S. The zero-order valence-corrected chi connectivity index (χ0v) is 17.4. The quantitative estimate of drug-likeness (QED) is 0.522. The Bertz CT molecular complexity index is 946. The third-order valence-corrected chi connectivity index (χ3v) is 5.20. The molecule has 0 aliphatic carbocycles. The van der Waals surface area contributed by atoms with Crippen molar-refractivity contribution in [1.29, 1.82) is 0 Å². The van der Waals surface area contributed by atoms with Gasteiger partial charge in [0, 0.05) is 5.02 Å². The minimum atomic E-state index is -3.71. The molecular weight excluding hydrogens is 402 g/mol. The van der Waals surface area contributed by atoms with E-state index >= 15 is 0 Å². The fourth-order valence-corrected chi connectivity index (χ4v) is 3.89. The second-order valence-corrected chi connectivity index (χ2v) is 8.25. The average Bonchev–Trinajstić information content (AvgIpc) is 2.62. The van der Waals surface area contributed by atoms with Crippen LogP contribution < -0.4 is 14.5 Å². The van der Waals surface area contributed by atoms with Gasteiger partial charge in [0.25, 0.3) is 5.91 Å². The van der Waals surface area contributed by atoms with E-state index in [2.05, 4.69) is 10.5 Å². The number of ether oxygens (including phenoxy) is 1. The molecule has 2 aromatic rings. The van der Waals surface area contributed by atoms with Crippen LogP contribution in [0.5, 0.6) is 5.75 Å². The zero-order valence-electron chi connectivity index (χ0n) is 15.8. The Kier molecular flexibility index (Phi) is 7.42. The van der Waals surface area contributed by atoms with Crippen molar-refractivity contribution in [3.63, 3.8) is 0 Å². The van der Waals surface area contributed by atoms with Gasteiger partial charge in [0.1, 0.15) is 11.8 Å². The maximum absolute atomic E-state index is 12.4. The standard InChI is InChI=1S/C19H22ClN3O4S/c1-4-27-18-10-8-17(9-11-18)23(28(3,25)26)14(2)19(24)22-21-13-15-6-5-7-16(20)12-15/h5-14H,4H2,1-3H3,(H,22,24)/b21-13-/t14-/m1/s1. The van der Waals surface area contributed by atoms with E-state index in [-0.39, 0.29) is 0 Å². The van der Waals surface area contributed by atoms with E-state index in [0.29, 0.717) is 28.6 Å². The highest BCUT2D eigenvalue weighted by Crippen LogP contribution is 2.24. The Hall–Kier alpha value is -2.58. The highest BCUT2D eigenvalue weighted by atomic mass is 35.5. The van der Waals surface area contributed by atoms with Crippen LogP contribution in [0.4, 0.5) is 5.69 Å². The Morgan fingerprint density at radius 2 is 1.96 bits per heavy atom. The molecule has 0 unspecified atom stereocenters. The Morgan fingerprint density at radius 3 is 2.54 bits per heavy atom. The molecule has 0 bridgehead atoms. The molecule has 1 N–H and O–H groups in total. The molecule has 0 spiro atoms. The van der Waals surface area contributed by atoms with Crippen molar-refractivity contribution < 1.29 is 17.9 Å². The van der Waals surface area contributed by atoms with Crippen LogP contribution in [0.25, 0.3) is 0 Å². The topological polar surface area (TPSA) is 88.1 Å². The molecule has 2 rings (SSSR count). The second-order valence-electron chi connectivity index (χ2n) is 5.95. The third kappa shape index (κ3) is 5.97. The summed E-state index contributed by atoms with van der Waals surface area (Å²) in [5.74, 6) is 0.0421. The number of halogens is 1. The summed E-state index contributed by atoms with van der Waals surface area (Å²) in [6, 6.07) is 12.4. The van der Waals surface area contributed by atoms with Crippen LogP contribution in [0.2, 0.25) is 5.02 Å². The van der Waals surface area contributed by atoms with E-state index in [0.717, 1.165) is 10.6 Å². The van der Waals surface area contributed by atoms with Gasteiger partial charge in [-0.2, -0.15) is 5.10 Å². The summed E-state index contributed by atoms with van der Waals surface area (Å²) in [6.07, 6.45) is 2.47. The molecule has 1 amide bonds. The lowest BCUT2D eigenvalue weighted by Crippen LogP contribution is -2.46. The van der Waals surface area contributed by atoms with E-state index in [4.69, 9.17) is 16.3 Å². The van der Waals surface area contributed by atoms with Crippen LogP contribution >= 0.6 is 11.6 Å². The number of nitrogens with zero attached hydrogens (tertiary/aromatic N) is 2. The van der Waals surface area contributed by atoms with E-state index in [1.165, 1.54) is 13.1 Å². The van der Waals surface area contributed by atoms with Crippen molar-refractivity contribution in [1.82, 2.24) is 5.43 Å². The van der Waals surface area contributed by atoms with Crippen LogP contribution in [0.1, 0.15) is 19.4 Å². The van der Waals surface area contributed by atoms with Gasteiger partial charge in [0.2, 0.25) is 10.0 Å². The summed E-state index contributed by atoms with van der Waals surface area (Å²) in [7, 11) is -3.71. The van der Waals surface area contributed by atoms with Gasteiger partial charge in [0.05, 0.1) is 24.8 Å². The first-order valence-electron chi connectivity index (χ1n) is 8.53. The number of carbonyl (C=O) groups is 1. The number of sulfonamides is 1. The van der Waals surface area contributed by atoms with Crippen LogP contribution in [-0.4, -0.2) is 39.4 Å². The van der Waals surface area contributed by atoms with Gasteiger partial charge in [-0.1, -0.05) is 23.7 Å². The number of hydrazone groups is 1. The summed E-state index contributed by atoms with van der Waals surface area (Å²) in [5.41, 5.74) is 3.42. The summed E-state index contributed by atoms with van der Waals surface area (Å²) in [5, 5.41) is 4.42. The van der Waals surface area contributed by atoms with Crippen molar-refractivity contribution in [2.75, 3.05) is 17.2 Å². The monoisotopic (exact) mass is 423 g/mol. The normalized spacial score (nSPS) is 12.6. The van der Waals surface area contributed by atoms with Crippen molar-refractivity contribution >= 4 is 39.4 Å².